The number of aryl methyl sites for hydroxylation is 1. The van der Waals surface area contributed by atoms with Crippen LogP contribution in [0, 0.1) is 5.82 Å². The summed E-state index contributed by atoms with van der Waals surface area (Å²) in [5.41, 5.74) is 10.7. The molecular weight excluding hydrogens is 325 g/mol. The number of anilines is 1. The highest BCUT2D eigenvalue weighted by Crippen LogP contribution is 2.33. The van der Waals surface area contributed by atoms with Crippen molar-refractivity contribution in [1.29, 1.82) is 0 Å². The molecule has 2 aromatic heterocycles. The third-order valence-electron chi connectivity index (χ3n) is 4.58. The van der Waals surface area contributed by atoms with E-state index >= 15 is 0 Å². The van der Waals surface area contributed by atoms with E-state index < -0.39 is 0 Å². The molecule has 0 bridgehead atoms. The molecule has 4 aromatic rings. The minimum absolute atomic E-state index is 0.314. The number of pyridine rings is 2. The van der Waals surface area contributed by atoms with E-state index in [2.05, 4.69) is 9.97 Å². The molecule has 4 rings (SSSR count). The molecule has 2 aromatic carbocycles. The highest BCUT2D eigenvalue weighted by molar-refractivity contribution is 5.95. The second-order valence-corrected chi connectivity index (χ2v) is 6.21. The molecule has 0 amide bonds. The van der Waals surface area contributed by atoms with Crippen LogP contribution in [0.2, 0.25) is 0 Å². The van der Waals surface area contributed by atoms with Crippen molar-refractivity contribution in [3.05, 3.63) is 78.4 Å². The number of aromatic nitrogens is 2. The van der Waals surface area contributed by atoms with Crippen molar-refractivity contribution in [1.82, 2.24) is 9.97 Å². The van der Waals surface area contributed by atoms with Gasteiger partial charge in [-0.05, 0) is 41.8 Å². The summed E-state index contributed by atoms with van der Waals surface area (Å²) in [7, 11) is 0. The van der Waals surface area contributed by atoms with Crippen molar-refractivity contribution in [3.8, 4) is 22.3 Å². The summed E-state index contributed by atoms with van der Waals surface area (Å²) in [4.78, 5) is 8.80. The predicted octanol–water partition coefficient (Wildman–Crippen LogP) is 5.25. The smallest absolute Gasteiger partial charge is 0.133 e. The molecule has 0 spiro atoms. The molecule has 0 fully saturated rings. The number of nitrogens with two attached hydrogens (primary N) is 1. The monoisotopic (exact) mass is 343 g/mol. The Balaban J connectivity index is 1.91. The quantitative estimate of drug-likeness (QED) is 0.553. The van der Waals surface area contributed by atoms with Crippen molar-refractivity contribution < 1.29 is 4.39 Å². The normalized spacial score (nSPS) is 11.0. The molecule has 0 saturated carbocycles. The third-order valence-corrected chi connectivity index (χ3v) is 4.58. The van der Waals surface area contributed by atoms with Gasteiger partial charge in [-0.3, -0.25) is 4.98 Å². The van der Waals surface area contributed by atoms with E-state index in [9.17, 15) is 4.39 Å². The maximum atomic E-state index is 14.7. The zero-order chi connectivity index (χ0) is 18.1. The van der Waals surface area contributed by atoms with Gasteiger partial charge in [0.25, 0.3) is 0 Å². The lowest BCUT2D eigenvalue weighted by atomic mass is 9.99. The first-order chi connectivity index (χ1) is 12.7. The number of nitrogens with zero attached hydrogens (tertiary/aromatic N) is 2. The minimum Gasteiger partial charge on any atom is -0.383 e. The standard InChI is InChI=1S/C22H18FN3/c1-2-14-10-18(13-26-22(14)24)20-19(23)9-8-16-11-17(12-25-21(16)20)15-6-4-3-5-7-15/h3-13H,2H2,1H3,(H2,24,26). The second-order valence-electron chi connectivity index (χ2n) is 6.21. The average molecular weight is 343 g/mol. The van der Waals surface area contributed by atoms with Gasteiger partial charge in [-0.2, -0.15) is 0 Å². The summed E-state index contributed by atoms with van der Waals surface area (Å²) in [6.45, 7) is 2.00. The van der Waals surface area contributed by atoms with Gasteiger partial charge in [0.05, 0.1) is 5.52 Å². The van der Waals surface area contributed by atoms with Gasteiger partial charge in [0.2, 0.25) is 0 Å². The molecule has 0 aliphatic rings. The Bertz CT molecular complexity index is 1090. The Morgan fingerprint density at radius 2 is 1.65 bits per heavy atom. The Hall–Kier alpha value is -3.27. The van der Waals surface area contributed by atoms with Crippen LogP contribution in [0.25, 0.3) is 33.2 Å². The van der Waals surface area contributed by atoms with E-state index in [-0.39, 0.29) is 5.82 Å². The minimum atomic E-state index is -0.314. The Labute approximate surface area is 151 Å². The van der Waals surface area contributed by atoms with Crippen LogP contribution >= 0.6 is 0 Å². The third kappa shape index (κ3) is 2.80. The molecule has 26 heavy (non-hydrogen) atoms. The number of hydrogen-bond acceptors (Lipinski definition) is 3. The molecule has 2 heterocycles. The van der Waals surface area contributed by atoms with Crippen molar-refractivity contribution in [2.24, 2.45) is 0 Å². The Morgan fingerprint density at radius 3 is 2.42 bits per heavy atom. The summed E-state index contributed by atoms with van der Waals surface area (Å²) in [5, 5.41) is 0.887. The predicted molar refractivity (Wildman–Crippen MR) is 104 cm³/mol. The zero-order valence-corrected chi connectivity index (χ0v) is 14.4. The lowest BCUT2D eigenvalue weighted by Gasteiger charge is -2.11. The molecule has 0 aliphatic heterocycles. The summed E-state index contributed by atoms with van der Waals surface area (Å²) < 4.78 is 14.7. The molecule has 0 saturated heterocycles. The number of rotatable bonds is 3. The topological polar surface area (TPSA) is 51.8 Å². The molecule has 4 heteroatoms. The van der Waals surface area contributed by atoms with Crippen LogP contribution in [0.4, 0.5) is 10.2 Å². The number of fused-ring (bicyclic) bond motifs is 1. The SMILES string of the molecule is CCc1cc(-c2c(F)ccc3cc(-c4ccccc4)cnc23)cnc1N. The van der Waals surface area contributed by atoms with E-state index in [1.54, 1.807) is 18.5 Å². The van der Waals surface area contributed by atoms with Gasteiger partial charge in [-0.1, -0.05) is 37.3 Å². The number of nitrogen functional groups attached to an aromatic ring is 1. The fourth-order valence-corrected chi connectivity index (χ4v) is 3.18. The Morgan fingerprint density at radius 1 is 0.885 bits per heavy atom. The number of halogens is 1. The molecule has 128 valence electrons. The first kappa shape index (κ1) is 16.2. The zero-order valence-electron chi connectivity index (χ0n) is 14.4. The lowest BCUT2D eigenvalue weighted by Crippen LogP contribution is -1.98. The lowest BCUT2D eigenvalue weighted by molar-refractivity contribution is 0.632. The maximum Gasteiger partial charge on any atom is 0.133 e. The summed E-state index contributed by atoms with van der Waals surface area (Å²) in [5.74, 6) is 0.169. The van der Waals surface area contributed by atoms with Crippen molar-refractivity contribution in [2.75, 3.05) is 5.73 Å². The maximum absolute atomic E-state index is 14.7. The van der Waals surface area contributed by atoms with Gasteiger partial charge in [0, 0.05) is 34.5 Å². The summed E-state index contributed by atoms with van der Waals surface area (Å²) in [6.07, 6.45) is 4.13. The molecular formula is C22H18FN3. The van der Waals surface area contributed by atoms with Gasteiger partial charge in [0.1, 0.15) is 11.6 Å². The highest BCUT2D eigenvalue weighted by atomic mass is 19.1. The van der Waals surface area contributed by atoms with Crippen LogP contribution in [0.1, 0.15) is 12.5 Å². The molecule has 0 aliphatic carbocycles. The van der Waals surface area contributed by atoms with Gasteiger partial charge >= 0.3 is 0 Å². The first-order valence-corrected chi connectivity index (χ1v) is 8.56. The van der Waals surface area contributed by atoms with Crippen molar-refractivity contribution in [2.45, 2.75) is 13.3 Å². The van der Waals surface area contributed by atoms with Crippen LogP contribution in [-0.2, 0) is 6.42 Å². The van der Waals surface area contributed by atoms with Gasteiger partial charge in [0.15, 0.2) is 0 Å². The van der Waals surface area contributed by atoms with Crippen LogP contribution in [0.15, 0.2) is 67.0 Å². The second kappa shape index (κ2) is 6.56. The Kier molecular flexibility index (Phi) is 4.09. The van der Waals surface area contributed by atoms with Gasteiger partial charge in [-0.25, -0.2) is 9.37 Å². The van der Waals surface area contributed by atoms with Crippen LogP contribution in [-0.4, -0.2) is 9.97 Å². The largest absolute Gasteiger partial charge is 0.383 e. The highest BCUT2D eigenvalue weighted by Gasteiger charge is 2.14. The van der Waals surface area contributed by atoms with Crippen LogP contribution in [0.3, 0.4) is 0 Å². The van der Waals surface area contributed by atoms with E-state index in [4.69, 9.17) is 5.73 Å². The van der Waals surface area contributed by atoms with Crippen LogP contribution in [0.5, 0.6) is 0 Å². The fraction of sp³-hybridized carbons (Fsp3) is 0.0909. The van der Waals surface area contributed by atoms with E-state index in [1.807, 2.05) is 49.4 Å². The molecule has 2 N–H and O–H groups in total. The first-order valence-electron chi connectivity index (χ1n) is 8.56. The van der Waals surface area contributed by atoms with E-state index in [0.29, 0.717) is 22.5 Å². The average Bonchev–Trinajstić information content (AvgIpc) is 2.69. The summed E-state index contributed by atoms with van der Waals surface area (Å²) >= 11 is 0. The van der Waals surface area contributed by atoms with Crippen LogP contribution < -0.4 is 5.73 Å². The molecule has 3 nitrogen and oxygen atoms in total. The van der Waals surface area contributed by atoms with Crippen molar-refractivity contribution >= 4 is 16.7 Å². The van der Waals surface area contributed by atoms with Crippen molar-refractivity contribution in [3.63, 3.8) is 0 Å². The molecule has 0 unspecified atom stereocenters. The summed E-state index contributed by atoms with van der Waals surface area (Å²) in [6, 6.07) is 17.2. The van der Waals surface area contributed by atoms with Gasteiger partial charge < -0.3 is 5.73 Å². The fourth-order valence-electron chi connectivity index (χ4n) is 3.18. The number of benzene rings is 2. The molecule has 0 radical (unpaired) electrons. The molecule has 0 atom stereocenters. The number of hydrogen-bond donors (Lipinski definition) is 1. The van der Waals surface area contributed by atoms with Gasteiger partial charge in [-0.15, -0.1) is 0 Å². The van der Waals surface area contributed by atoms with E-state index in [0.717, 1.165) is 28.5 Å². The van der Waals surface area contributed by atoms with E-state index in [1.165, 1.54) is 6.07 Å².